The molecule has 3 nitrogen and oxygen atoms in total. The number of rotatable bonds is 3. The van der Waals surface area contributed by atoms with Crippen molar-refractivity contribution in [2.75, 3.05) is 14.1 Å². The second-order valence-corrected chi connectivity index (χ2v) is 4.31. The van der Waals surface area contributed by atoms with Crippen LogP contribution in [-0.4, -0.2) is 29.3 Å². The molecule has 0 radical (unpaired) electrons. The number of aromatic nitrogens is 1. The molecule has 17 heavy (non-hydrogen) atoms. The molecule has 0 saturated carbocycles. The lowest BCUT2D eigenvalue weighted by molar-refractivity contribution is 0.104. The number of carbonyl (C=O) groups excluding carboxylic acids is 1. The van der Waals surface area contributed by atoms with Gasteiger partial charge >= 0.3 is 0 Å². The van der Waals surface area contributed by atoms with Crippen LogP contribution in [0.3, 0.4) is 0 Å². The van der Waals surface area contributed by atoms with E-state index in [1.54, 1.807) is 12.3 Å². The Hall–Kier alpha value is -2.03. The largest absolute Gasteiger partial charge is 0.383 e. The van der Waals surface area contributed by atoms with Crippen LogP contribution in [0.25, 0.3) is 10.9 Å². The van der Waals surface area contributed by atoms with E-state index < -0.39 is 0 Å². The Bertz CT molecular complexity index is 579. The highest BCUT2D eigenvalue weighted by molar-refractivity contribution is 6.13. The van der Waals surface area contributed by atoms with Gasteiger partial charge in [0.05, 0.1) is 0 Å². The summed E-state index contributed by atoms with van der Waals surface area (Å²) >= 11 is 0. The fourth-order valence-electron chi connectivity index (χ4n) is 1.84. The Labute approximate surface area is 101 Å². The van der Waals surface area contributed by atoms with E-state index in [4.69, 9.17) is 0 Å². The van der Waals surface area contributed by atoms with Crippen molar-refractivity contribution in [1.29, 1.82) is 0 Å². The molecule has 3 heteroatoms. The zero-order valence-corrected chi connectivity index (χ0v) is 10.3. The minimum atomic E-state index is 0.0375. The number of carbonyl (C=O) groups is 1. The average Bonchev–Trinajstić information content (AvgIpc) is 2.65. The molecule has 0 fully saturated rings. The van der Waals surface area contributed by atoms with Gasteiger partial charge in [-0.15, -0.1) is 0 Å². The van der Waals surface area contributed by atoms with Crippen LogP contribution in [0.15, 0.2) is 42.7 Å². The first-order valence-corrected chi connectivity index (χ1v) is 5.52. The van der Waals surface area contributed by atoms with Gasteiger partial charge in [0.2, 0.25) is 0 Å². The predicted molar refractivity (Wildman–Crippen MR) is 70.1 cm³/mol. The van der Waals surface area contributed by atoms with E-state index in [1.807, 2.05) is 61.1 Å². The highest BCUT2D eigenvalue weighted by Gasteiger charge is 2.10. The van der Waals surface area contributed by atoms with E-state index >= 15 is 0 Å². The molecule has 0 saturated heterocycles. The van der Waals surface area contributed by atoms with Crippen molar-refractivity contribution < 1.29 is 4.79 Å². The Kier molecular flexibility index (Phi) is 3.00. The lowest BCUT2D eigenvalue weighted by atomic mass is 10.1. The van der Waals surface area contributed by atoms with Crippen LogP contribution in [-0.2, 0) is 7.05 Å². The van der Waals surface area contributed by atoms with Gasteiger partial charge in [-0.3, -0.25) is 4.79 Å². The molecule has 0 bridgehead atoms. The Morgan fingerprint density at radius 3 is 2.71 bits per heavy atom. The molecule has 0 atom stereocenters. The van der Waals surface area contributed by atoms with Gasteiger partial charge in [0.15, 0.2) is 5.78 Å². The summed E-state index contributed by atoms with van der Waals surface area (Å²) in [6, 6.07) is 7.93. The van der Waals surface area contributed by atoms with E-state index in [0.717, 1.165) is 16.5 Å². The third-order valence-electron chi connectivity index (χ3n) is 2.69. The number of aryl methyl sites for hydroxylation is 1. The number of hydrogen-bond acceptors (Lipinski definition) is 2. The van der Waals surface area contributed by atoms with Gasteiger partial charge in [0.25, 0.3) is 0 Å². The summed E-state index contributed by atoms with van der Waals surface area (Å²) in [5, 5.41) is 1.00. The van der Waals surface area contributed by atoms with Crippen molar-refractivity contribution in [1.82, 2.24) is 9.47 Å². The van der Waals surface area contributed by atoms with Gasteiger partial charge in [0, 0.05) is 56.1 Å². The molecule has 2 rings (SSSR count). The quantitative estimate of drug-likeness (QED) is 0.595. The normalized spacial score (nSPS) is 11.2. The molecule has 0 N–H and O–H groups in total. The number of para-hydroxylation sites is 1. The van der Waals surface area contributed by atoms with Crippen LogP contribution in [0.1, 0.15) is 10.4 Å². The summed E-state index contributed by atoms with van der Waals surface area (Å²) in [5.74, 6) is 0.0375. The molecule has 0 aliphatic carbocycles. The maximum absolute atomic E-state index is 12.0. The fourth-order valence-corrected chi connectivity index (χ4v) is 1.84. The zero-order valence-electron chi connectivity index (χ0n) is 10.3. The van der Waals surface area contributed by atoms with Crippen LogP contribution in [0, 0.1) is 0 Å². The molecule has 2 aromatic rings. The molecule has 88 valence electrons. The first-order chi connectivity index (χ1) is 8.09. The van der Waals surface area contributed by atoms with Crippen LogP contribution >= 0.6 is 0 Å². The monoisotopic (exact) mass is 228 g/mol. The molecule has 1 aromatic carbocycles. The van der Waals surface area contributed by atoms with Crippen molar-refractivity contribution in [2.24, 2.45) is 7.05 Å². The maximum Gasteiger partial charge on any atom is 0.189 e. The Balaban J connectivity index is 2.46. The number of benzene rings is 1. The number of fused-ring (bicyclic) bond motifs is 1. The second kappa shape index (κ2) is 4.45. The van der Waals surface area contributed by atoms with Gasteiger partial charge in [0.1, 0.15) is 0 Å². The van der Waals surface area contributed by atoms with Gasteiger partial charge in [-0.1, -0.05) is 18.2 Å². The predicted octanol–water partition coefficient (Wildman–Crippen LogP) is 2.44. The summed E-state index contributed by atoms with van der Waals surface area (Å²) in [6.45, 7) is 0. The van der Waals surface area contributed by atoms with Crippen molar-refractivity contribution >= 4 is 16.7 Å². The number of nitrogens with zero attached hydrogens (tertiary/aromatic N) is 2. The average molecular weight is 228 g/mol. The van der Waals surface area contributed by atoms with Crippen LogP contribution in [0.4, 0.5) is 0 Å². The lowest BCUT2D eigenvalue weighted by Crippen LogP contribution is -2.02. The molecule has 1 aromatic heterocycles. The summed E-state index contributed by atoms with van der Waals surface area (Å²) in [7, 11) is 5.74. The number of ketones is 1. The summed E-state index contributed by atoms with van der Waals surface area (Å²) in [5.41, 5.74) is 1.83. The molecular formula is C14H16N2O. The van der Waals surface area contributed by atoms with E-state index in [2.05, 4.69) is 0 Å². The molecular weight excluding hydrogens is 212 g/mol. The molecule has 0 unspecified atom stereocenters. The van der Waals surface area contributed by atoms with Crippen molar-refractivity contribution in [3.63, 3.8) is 0 Å². The van der Waals surface area contributed by atoms with Crippen LogP contribution in [0.5, 0.6) is 0 Å². The highest BCUT2D eigenvalue weighted by atomic mass is 16.1. The topological polar surface area (TPSA) is 25.2 Å². The van der Waals surface area contributed by atoms with Gasteiger partial charge in [-0.2, -0.15) is 0 Å². The first kappa shape index (κ1) is 11.5. The molecule has 0 amide bonds. The highest BCUT2D eigenvalue weighted by Crippen LogP contribution is 2.20. The minimum absolute atomic E-state index is 0.0375. The number of allylic oxidation sites excluding steroid dienone is 1. The number of hydrogen-bond donors (Lipinski definition) is 0. The van der Waals surface area contributed by atoms with Crippen LogP contribution in [0.2, 0.25) is 0 Å². The molecule has 0 aliphatic rings. The fraction of sp³-hybridized carbons (Fsp3) is 0.214. The van der Waals surface area contributed by atoms with Crippen LogP contribution < -0.4 is 0 Å². The van der Waals surface area contributed by atoms with E-state index in [1.165, 1.54) is 0 Å². The Morgan fingerprint density at radius 1 is 1.29 bits per heavy atom. The zero-order chi connectivity index (χ0) is 12.4. The van der Waals surface area contributed by atoms with Gasteiger partial charge in [-0.25, -0.2) is 0 Å². The van der Waals surface area contributed by atoms with E-state index in [-0.39, 0.29) is 5.78 Å². The summed E-state index contributed by atoms with van der Waals surface area (Å²) in [6.07, 6.45) is 5.25. The summed E-state index contributed by atoms with van der Waals surface area (Å²) < 4.78 is 1.98. The standard InChI is InChI=1S/C14H16N2O/c1-15(2)9-8-14(17)12-10-16(3)13-7-5-4-6-11(12)13/h4-10H,1-3H3. The maximum atomic E-state index is 12.0. The summed E-state index contributed by atoms with van der Waals surface area (Å²) in [4.78, 5) is 13.9. The third kappa shape index (κ3) is 2.23. The Morgan fingerprint density at radius 2 is 2.00 bits per heavy atom. The second-order valence-electron chi connectivity index (χ2n) is 4.31. The minimum Gasteiger partial charge on any atom is -0.383 e. The SMILES string of the molecule is CN(C)C=CC(=O)c1cn(C)c2ccccc12. The smallest absolute Gasteiger partial charge is 0.189 e. The van der Waals surface area contributed by atoms with Gasteiger partial charge < -0.3 is 9.47 Å². The van der Waals surface area contributed by atoms with Gasteiger partial charge in [-0.05, 0) is 6.07 Å². The van der Waals surface area contributed by atoms with E-state index in [9.17, 15) is 4.79 Å². The van der Waals surface area contributed by atoms with E-state index in [0.29, 0.717) is 0 Å². The molecule has 0 spiro atoms. The van der Waals surface area contributed by atoms with Crippen molar-refractivity contribution in [2.45, 2.75) is 0 Å². The first-order valence-electron chi connectivity index (χ1n) is 5.52. The molecule has 0 aliphatic heterocycles. The molecule has 1 heterocycles. The van der Waals surface area contributed by atoms with Crippen molar-refractivity contribution in [3.05, 3.63) is 48.3 Å². The van der Waals surface area contributed by atoms with Crippen molar-refractivity contribution in [3.8, 4) is 0 Å². The third-order valence-corrected chi connectivity index (χ3v) is 2.69. The lowest BCUT2D eigenvalue weighted by Gasteiger charge is -2.02.